The molecule has 5 heteroatoms. The van der Waals surface area contributed by atoms with Crippen LogP contribution in [0.4, 0.5) is 0 Å². The number of benzene rings is 2. The summed E-state index contributed by atoms with van der Waals surface area (Å²) in [5.41, 5.74) is 10.6. The molecule has 2 heterocycles. The maximum absolute atomic E-state index is 12.7. The van der Waals surface area contributed by atoms with E-state index < -0.39 is 5.91 Å². The minimum absolute atomic E-state index is 0.180. The SMILES string of the molecule is CN1CCC=C(C(=O)Cc2cccc(-c3ccc(C(N)=O)c4[nH]ccc34)c2)C1. The quantitative estimate of drug-likeness (QED) is 0.720. The Morgan fingerprint density at radius 3 is 2.82 bits per heavy atom. The lowest BCUT2D eigenvalue weighted by atomic mass is 9.95. The van der Waals surface area contributed by atoms with Crippen LogP contribution in [0.5, 0.6) is 0 Å². The standard InChI is InChI=1S/C23H23N3O2/c1-26-11-3-6-17(14-26)21(27)13-15-4-2-5-16(12-15)18-7-8-20(23(24)28)22-19(18)9-10-25-22/h2,4-10,12,25H,3,11,13-14H2,1H3,(H2,24,28). The molecule has 3 aromatic rings. The fourth-order valence-corrected chi connectivity index (χ4v) is 3.86. The van der Waals surface area contributed by atoms with Crippen molar-refractivity contribution >= 4 is 22.6 Å². The molecule has 0 saturated carbocycles. The predicted molar refractivity (Wildman–Crippen MR) is 111 cm³/mol. The molecule has 0 bridgehead atoms. The molecule has 0 spiro atoms. The first-order valence-electron chi connectivity index (χ1n) is 9.43. The average Bonchev–Trinajstić information content (AvgIpc) is 3.17. The number of carbonyl (C=O) groups is 2. The number of hydrogen-bond acceptors (Lipinski definition) is 3. The molecule has 142 valence electrons. The van der Waals surface area contributed by atoms with Crippen LogP contribution >= 0.6 is 0 Å². The molecular formula is C23H23N3O2. The first kappa shape index (κ1) is 18.2. The van der Waals surface area contributed by atoms with Gasteiger partial charge in [-0.2, -0.15) is 0 Å². The van der Waals surface area contributed by atoms with Gasteiger partial charge in [0.15, 0.2) is 5.78 Å². The minimum atomic E-state index is -0.455. The van der Waals surface area contributed by atoms with E-state index in [1.54, 1.807) is 12.3 Å². The van der Waals surface area contributed by atoms with E-state index in [2.05, 4.69) is 22.0 Å². The number of Topliss-reactive ketones (excluding diaryl/α,β-unsaturated/α-hetero) is 1. The van der Waals surface area contributed by atoms with Gasteiger partial charge in [0.1, 0.15) is 0 Å². The van der Waals surface area contributed by atoms with E-state index in [4.69, 9.17) is 5.73 Å². The Labute approximate surface area is 163 Å². The largest absolute Gasteiger partial charge is 0.366 e. The second-order valence-electron chi connectivity index (χ2n) is 7.35. The molecule has 0 unspecified atom stereocenters. The summed E-state index contributed by atoms with van der Waals surface area (Å²) in [4.78, 5) is 29.6. The van der Waals surface area contributed by atoms with Crippen LogP contribution in [0.2, 0.25) is 0 Å². The number of nitrogens with one attached hydrogen (secondary N) is 1. The molecule has 0 atom stereocenters. The van der Waals surface area contributed by atoms with Gasteiger partial charge in [-0.3, -0.25) is 9.59 Å². The molecule has 0 aliphatic carbocycles. The Morgan fingerprint density at radius 2 is 2.04 bits per heavy atom. The normalized spacial score (nSPS) is 14.8. The lowest BCUT2D eigenvalue weighted by Gasteiger charge is -2.22. The molecule has 4 rings (SSSR count). The van der Waals surface area contributed by atoms with Crippen molar-refractivity contribution in [3.05, 3.63) is 71.4 Å². The minimum Gasteiger partial charge on any atom is -0.366 e. The summed E-state index contributed by atoms with van der Waals surface area (Å²) in [5.74, 6) is -0.274. The second kappa shape index (κ2) is 7.44. The van der Waals surface area contributed by atoms with E-state index in [-0.39, 0.29) is 5.78 Å². The van der Waals surface area contributed by atoms with Crippen molar-refractivity contribution in [1.82, 2.24) is 9.88 Å². The molecule has 1 aromatic heterocycles. The van der Waals surface area contributed by atoms with Crippen molar-refractivity contribution in [2.75, 3.05) is 20.1 Å². The molecule has 1 amide bonds. The number of amides is 1. The van der Waals surface area contributed by atoms with Crippen molar-refractivity contribution in [3.63, 3.8) is 0 Å². The maximum Gasteiger partial charge on any atom is 0.250 e. The van der Waals surface area contributed by atoms with E-state index in [0.717, 1.165) is 52.7 Å². The highest BCUT2D eigenvalue weighted by Crippen LogP contribution is 2.31. The van der Waals surface area contributed by atoms with Gasteiger partial charge in [-0.05, 0) is 42.3 Å². The van der Waals surface area contributed by atoms with Crippen LogP contribution < -0.4 is 5.73 Å². The molecule has 28 heavy (non-hydrogen) atoms. The van der Waals surface area contributed by atoms with E-state index in [0.29, 0.717) is 12.0 Å². The van der Waals surface area contributed by atoms with Gasteiger partial charge in [0.2, 0.25) is 0 Å². The molecule has 0 saturated heterocycles. The third kappa shape index (κ3) is 3.49. The maximum atomic E-state index is 12.7. The highest BCUT2D eigenvalue weighted by molar-refractivity contribution is 6.09. The Balaban J connectivity index is 1.65. The van der Waals surface area contributed by atoms with Crippen LogP contribution in [-0.4, -0.2) is 41.7 Å². The third-order valence-electron chi connectivity index (χ3n) is 5.29. The van der Waals surface area contributed by atoms with Crippen LogP contribution in [0, 0.1) is 0 Å². The molecule has 0 radical (unpaired) electrons. The molecule has 1 aliphatic rings. The first-order chi connectivity index (χ1) is 13.5. The van der Waals surface area contributed by atoms with Crippen LogP contribution in [0.1, 0.15) is 22.3 Å². The van der Waals surface area contributed by atoms with Gasteiger partial charge >= 0.3 is 0 Å². The number of nitrogens with zero attached hydrogens (tertiary/aromatic N) is 1. The summed E-state index contributed by atoms with van der Waals surface area (Å²) in [6.45, 7) is 1.72. The summed E-state index contributed by atoms with van der Waals surface area (Å²) >= 11 is 0. The van der Waals surface area contributed by atoms with Gasteiger partial charge in [0, 0.05) is 36.7 Å². The van der Waals surface area contributed by atoms with Gasteiger partial charge in [-0.25, -0.2) is 0 Å². The van der Waals surface area contributed by atoms with Gasteiger partial charge in [0.05, 0.1) is 11.1 Å². The zero-order valence-electron chi connectivity index (χ0n) is 15.9. The van der Waals surface area contributed by atoms with Gasteiger partial charge in [-0.15, -0.1) is 0 Å². The zero-order valence-corrected chi connectivity index (χ0v) is 15.9. The van der Waals surface area contributed by atoms with Gasteiger partial charge in [-0.1, -0.05) is 36.4 Å². The molecule has 1 aliphatic heterocycles. The molecule has 3 N–H and O–H groups in total. The van der Waals surface area contributed by atoms with Crippen molar-refractivity contribution in [2.24, 2.45) is 5.73 Å². The highest BCUT2D eigenvalue weighted by Gasteiger charge is 2.17. The molecule has 5 nitrogen and oxygen atoms in total. The fourth-order valence-electron chi connectivity index (χ4n) is 3.86. The summed E-state index contributed by atoms with van der Waals surface area (Å²) in [6.07, 6.45) is 5.19. The number of H-pyrrole nitrogens is 1. The molecular weight excluding hydrogens is 350 g/mol. The Hall–Kier alpha value is -3.18. The summed E-state index contributed by atoms with van der Waals surface area (Å²) in [6, 6.07) is 13.6. The number of aromatic amines is 1. The first-order valence-corrected chi connectivity index (χ1v) is 9.43. The lowest BCUT2D eigenvalue weighted by Crippen LogP contribution is -2.29. The molecule has 0 fully saturated rings. The summed E-state index contributed by atoms with van der Waals surface area (Å²) < 4.78 is 0. The van der Waals surface area contributed by atoms with E-state index >= 15 is 0 Å². The summed E-state index contributed by atoms with van der Waals surface area (Å²) in [7, 11) is 2.04. The Morgan fingerprint density at radius 1 is 1.18 bits per heavy atom. The van der Waals surface area contributed by atoms with Crippen LogP contribution in [0.15, 0.2) is 60.3 Å². The monoisotopic (exact) mass is 373 g/mol. The molecule has 2 aromatic carbocycles. The van der Waals surface area contributed by atoms with E-state index in [9.17, 15) is 9.59 Å². The third-order valence-corrected chi connectivity index (χ3v) is 5.29. The van der Waals surface area contributed by atoms with Crippen molar-refractivity contribution in [3.8, 4) is 11.1 Å². The van der Waals surface area contributed by atoms with Crippen molar-refractivity contribution < 1.29 is 9.59 Å². The number of aromatic nitrogens is 1. The number of ketones is 1. The fraction of sp³-hybridized carbons (Fsp3) is 0.217. The Bertz CT molecular complexity index is 1090. The number of carbonyl (C=O) groups excluding carboxylic acids is 2. The van der Waals surface area contributed by atoms with Gasteiger partial charge in [0.25, 0.3) is 5.91 Å². The average molecular weight is 373 g/mol. The van der Waals surface area contributed by atoms with Crippen molar-refractivity contribution in [1.29, 1.82) is 0 Å². The highest BCUT2D eigenvalue weighted by atomic mass is 16.1. The number of fused-ring (bicyclic) bond motifs is 1. The number of likely N-dealkylation sites (N-methyl/N-ethyl adjacent to an activating group) is 1. The van der Waals surface area contributed by atoms with Gasteiger partial charge < -0.3 is 15.6 Å². The van der Waals surface area contributed by atoms with Crippen LogP contribution in [0.25, 0.3) is 22.0 Å². The number of hydrogen-bond donors (Lipinski definition) is 2. The number of primary amides is 1. The number of rotatable bonds is 5. The Kier molecular flexibility index (Phi) is 4.84. The zero-order chi connectivity index (χ0) is 19.7. The smallest absolute Gasteiger partial charge is 0.250 e. The number of nitrogens with two attached hydrogens (primary N) is 1. The van der Waals surface area contributed by atoms with E-state index in [1.807, 2.05) is 37.4 Å². The van der Waals surface area contributed by atoms with Crippen molar-refractivity contribution in [2.45, 2.75) is 12.8 Å². The van der Waals surface area contributed by atoms with E-state index in [1.165, 1.54) is 0 Å². The predicted octanol–water partition coefficient (Wildman–Crippen LogP) is 3.31. The summed E-state index contributed by atoms with van der Waals surface area (Å²) in [5, 5.41) is 0.941. The topological polar surface area (TPSA) is 79.2 Å². The van der Waals surface area contributed by atoms with Crippen LogP contribution in [0.3, 0.4) is 0 Å². The lowest BCUT2D eigenvalue weighted by molar-refractivity contribution is -0.115. The second-order valence-corrected chi connectivity index (χ2v) is 7.35. The van der Waals surface area contributed by atoms with Crippen LogP contribution in [-0.2, 0) is 11.2 Å².